The molecule has 1 heterocycles. The van der Waals surface area contributed by atoms with Crippen molar-refractivity contribution in [2.24, 2.45) is 0 Å². The SMILES string of the molecule is CCc1cc(CNC2CCc3ccccc32)n(CC)n1. The van der Waals surface area contributed by atoms with Gasteiger partial charge in [0.15, 0.2) is 0 Å². The van der Waals surface area contributed by atoms with E-state index >= 15 is 0 Å². The third-order valence-electron chi connectivity index (χ3n) is 4.24. The van der Waals surface area contributed by atoms with Gasteiger partial charge in [-0.3, -0.25) is 4.68 Å². The van der Waals surface area contributed by atoms with Crippen molar-refractivity contribution in [2.45, 2.75) is 52.2 Å². The van der Waals surface area contributed by atoms with Gasteiger partial charge in [-0.2, -0.15) is 5.10 Å². The first-order valence-corrected chi connectivity index (χ1v) is 7.68. The van der Waals surface area contributed by atoms with Crippen molar-refractivity contribution in [3.05, 3.63) is 52.8 Å². The summed E-state index contributed by atoms with van der Waals surface area (Å²) < 4.78 is 2.12. The number of hydrogen-bond donors (Lipinski definition) is 1. The van der Waals surface area contributed by atoms with Crippen LogP contribution in [0.3, 0.4) is 0 Å². The summed E-state index contributed by atoms with van der Waals surface area (Å²) in [5.41, 5.74) is 5.47. The molecule has 0 spiro atoms. The maximum Gasteiger partial charge on any atom is 0.0625 e. The molecule has 3 heteroatoms. The van der Waals surface area contributed by atoms with Gasteiger partial charge in [0, 0.05) is 19.1 Å². The Morgan fingerprint density at radius 2 is 2.15 bits per heavy atom. The van der Waals surface area contributed by atoms with Crippen molar-refractivity contribution in [3.8, 4) is 0 Å². The summed E-state index contributed by atoms with van der Waals surface area (Å²) in [6.07, 6.45) is 3.41. The molecule has 1 aromatic carbocycles. The van der Waals surface area contributed by atoms with Gasteiger partial charge in [0.1, 0.15) is 0 Å². The Bertz CT molecular complexity index is 586. The minimum Gasteiger partial charge on any atom is -0.304 e. The number of benzene rings is 1. The molecule has 20 heavy (non-hydrogen) atoms. The second-order valence-electron chi connectivity index (χ2n) is 5.47. The molecule has 0 bridgehead atoms. The largest absolute Gasteiger partial charge is 0.304 e. The Hall–Kier alpha value is -1.61. The van der Waals surface area contributed by atoms with E-state index in [0.717, 1.165) is 19.5 Å². The van der Waals surface area contributed by atoms with E-state index in [9.17, 15) is 0 Å². The van der Waals surface area contributed by atoms with E-state index in [0.29, 0.717) is 6.04 Å². The fourth-order valence-corrected chi connectivity index (χ4v) is 3.10. The third-order valence-corrected chi connectivity index (χ3v) is 4.24. The summed E-state index contributed by atoms with van der Waals surface area (Å²) in [4.78, 5) is 0. The molecule has 2 aromatic rings. The fourth-order valence-electron chi connectivity index (χ4n) is 3.10. The number of nitrogens with one attached hydrogen (secondary N) is 1. The molecule has 1 unspecified atom stereocenters. The summed E-state index contributed by atoms with van der Waals surface area (Å²) in [5.74, 6) is 0. The smallest absolute Gasteiger partial charge is 0.0625 e. The minimum absolute atomic E-state index is 0.497. The van der Waals surface area contributed by atoms with Crippen LogP contribution in [0, 0.1) is 0 Å². The van der Waals surface area contributed by atoms with Crippen LogP contribution in [-0.4, -0.2) is 9.78 Å². The van der Waals surface area contributed by atoms with Crippen LogP contribution < -0.4 is 5.32 Å². The van der Waals surface area contributed by atoms with E-state index in [-0.39, 0.29) is 0 Å². The Kier molecular flexibility index (Phi) is 3.88. The number of rotatable bonds is 5. The van der Waals surface area contributed by atoms with Crippen molar-refractivity contribution in [1.29, 1.82) is 0 Å². The predicted molar refractivity (Wildman–Crippen MR) is 81.6 cm³/mol. The number of aryl methyl sites for hydroxylation is 3. The number of aromatic nitrogens is 2. The molecule has 1 aromatic heterocycles. The molecule has 0 fully saturated rings. The zero-order chi connectivity index (χ0) is 13.9. The Morgan fingerprint density at radius 1 is 1.30 bits per heavy atom. The van der Waals surface area contributed by atoms with Gasteiger partial charge in [-0.15, -0.1) is 0 Å². The van der Waals surface area contributed by atoms with Gasteiger partial charge >= 0.3 is 0 Å². The molecule has 0 saturated carbocycles. The summed E-state index contributed by atoms with van der Waals surface area (Å²) in [6, 6.07) is 11.5. The van der Waals surface area contributed by atoms with Gasteiger partial charge in [0.25, 0.3) is 0 Å². The van der Waals surface area contributed by atoms with Gasteiger partial charge in [-0.05, 0) is 43.4 Å². The molecule has 1 aliphatic rings. The highest BCUT2D eigenvalue weighted by atomic mass is 15.3. The Labute approximate surface area is 121 Å². The molecule has 0 amide bonds. The van der Waals surface area contributed by atoms with Gasteiger partial charge < -0.3 is 5.32 Å². The van der Waals surface area contributed by atoms with Crippen molar-refractivity contribution in [3.63, 3.8) is 0 Å². The second-order valence-corrected chi connectivity index (χ2v) is 5.47. The first kappa shape index (κ1) is 13.4. The molecule has 1 N–H and O–H groups in total. The maximum absolute atomic E-state index is 4.61. The molecule has 3 nitrogen and oxygen atoms in total. The van der Waals surface area contributed by atoms with E-state index < -0.39 is 0 Å². The molecule has 0 aliphatic heterocycles. The van der Waals surface area contributed by atoms with Crippen molar-refractivity contribution >= 4 is 0 Å². The third kappa shape index (κ3) is 2.50. The van der Waals surface area contributed by atoms with Crippen LogP contribution in [-0.2, 0) is 25.9 Å². The van der Waals surface area contributed by atoms with E-state index in [2.05, 4.69) is 59.3 Å². The molecular weight excluding hydrogens is 246 g/mol. The standard InChI is InChI=1S/C17H23N3/c1-3-14-11-15(20(4-2)19-14)12-18-17-10-9-13-7-5-6-8-16(13)17/h5-8,11,17-18H,3-4,9-10,12H2,1-2H3. The van der Waals surface area contributed by atoms with Gasteiger partial charge in [0.05, 0.1) is 11.4 Å². The molecule has 0 radical (unpaired) electrons. The van der Waals surface area contributed by atoms with Gasteiger partial charge in [-0.25, -0.2) is 0 Å². The number of hydrogen-bond acceptors (Lipinski definition) is 2. The molecule has 1 atom stereocenters. The highest BCUT2D eigenvalue weighted by molar-refractivity contribution is 5.34. The van der Waals surface area contributed by atoms with Crippen LogP contribution in [0.25, 0.3) is 0 Å². The number of nitrogens with zero attached hydrogens (tertiary/aromatic N) is 2. The molecule has 1 aliphatic carbocycles. The fraction of sp³-hybridized carbons (Fsp3) is 0.471. The highest BCUT2D eigenvalue weighted by Gasteiger charge is 2.21. The van der Waals surface area contributed by atoms with Gasteiger partial charge in [0.2, 0.25) is 0 Å². The summed E-state index contributed by atoms with van der Waals surface area (Å²) in [7, 11) is 0. The molecule has 106 valence electrons. The monoisotopic (exact) mass is 269 g/mol. The lowest BCUT2D eigenvalue weighted by Crippen LogP contribution is -2.20. The van der Waals surface area contributed by atoms with Crippen molar-refractivity contribution in [2.75, 3.05) is 0 Å². The lowest BCUT2D eigenvalue weighted by atomic mass is 10.1. The average molecular weight is 269 g/mol. The molecular formula is C17H23N3. The molecule has 0 saturated heterocycles. The van der Waals surface area contributed by atoms with Crippen LogP contribution in [0.15, 0.2) is 30.3 Å². The topological polar surface area (TPSA) is 29.9 Å². The van der Waals surface area contributed by atoms with Crippen molar-refractivity contribution in [1.82, 2.24) is 15.1 Å². The normalized spacial score (nSPS) is 17.4. The average Bonchev–Trinajstić information content (AvgIpc) is 3.08. The maximum atomic E-state index is 4.61. The zero-order valence-corrected chi connectivity index (χ0v) is 12.4. The van der Waals surface area contributed by atoms with E-state index in [4.69, 9.17) is 0 Å². The van der Waals surface area contributed by atoms with Crippen LogP contribution in [0.2, 0.25) is 0 Å². The highest BCUT2D eigenvalue weighted by Crippen LogP contribution is 2.30. The van der Waals surface area contributed by atoms with Crippen molar-refractivity contribution < 1.29 is 0 Å². The predicted octanol–water partition coefficient (Wildman–Crippen LogP) is 3.24. The zero-order valence-electron chi connectivity index (χ0n) is 12.4. The first-order valence-electron chi connectivity index (χ1n) is 7.68. The number of fused-ring (bicyclic) bond motifs is 1. The van der Waals surface area contributed by atoms with E-state index in [1.807, 2.05) is 0 Å². The van der Waals surface area contributed by atoms with Crippen LogP contribution >= 0.6 is 0 Å². The lowest BCUT2D eigenvalue weighted by molar-refractivity contribution is 0.502. The van der Waals surface area contributed by atoms with Crippen LogP contribution in [0.1, 0.15) is 48.8 Å². The second kappa shape index (κ2) is 5.80. The van der Waals surface area contributed by atoms with Crippen LogP contribution in [0.4, 0.5) is 0 Å². The summed E-state index contributed by atoms with van der Waals surface area (Å²) >= 11 is 0. The summed E-state index contributed by atoms with van der Waals surface area (Å²) in [6.45, 7) is 6.16. The van der Waals surface area contributed by atoms with E-state index in [1.165, 1.54) is 35.4 Å². The quantitative estimate of drug-likeness (QED) is 0.903. The van der Waals surface area contributed by atoms with Crippen LogP contribution in [0.5, 0.6) is 0 Å². The van der Waals surface area contributed by atoms with E-state index in [1.54, 1.807) is 0 Å². The Balaban J connectivity index is 1.70. The minimum atomic E-state index is 0.497. The molecule has 3 rings (SSSR count). The van der Waals surface area contributed by atoms with Gasteiger partial charge in [-0.1, -0.05) is 31.2 Å². The lowest BCUT2D eigenvalue weighted by Gasteiger charge is -2.14. The first-order chi connectivity index (χ1) is 9.81. The Morgan fingerprint density at radius 3 is 2.95 bits per heavy atom. The summed E-state index contributed by atoms with van der Waals surface area (Å²) in [5, 5.41) is 8.32.